The van der Waals surface area contributed by atoms with Gasteiger partial charge >= 0.3 is 0 Å². The molecular formula is C21H29N5O2S. The van der Waals surface area contributed by atoms with Gasteiger partial charge in [0.05, 0.1) is 12.2 Å². The molecule has 7 nitrogen and oxygen atoms in total. The summed E-state index contributed by atoms with van der Waals surface area (Å²) >= 11 is 1.37. The van der Waals surface area contributed by atoms with Gasteiger partial charge in [0, 0.05) is 18.3 Å². The standard InChI is InChI=1S/C21H29N5O2S/c1-3-26-18(13-19(27)22-16-10-5-4-6-11-16)24-25-21(26)29-14-20(28)23-17-12-8-7-9-15(17)2/h4-6,10-11,15,17H,3,7-9,12-14H2,1-2H3,(H,22,27)(H,23,28)/t15-,17+/m1/s1. The minimum atomic E-state index is -0.140. The first-order valence-electron chi connectivity index (χ1n) is 10.3. The molecule has 3 rings (SSSR count). The fourth-order valence-corrected chi connectivity index (χ4v) is 4.49. The summed E-state index contributed by atoms with van der Waals surface area (Å²) in [5, 5.41) is 15.1. The predicted octanol–water partition coefficient (Wildman–Crippen LogP) is 3.27. The van der Waals surface area contributed by atoms with Crippen molar-refractivity contribution in [3.05, 3.63) is 36.2 Å². The minimum absolute atomic E-state index is 0.0303. The highest BCUT2D eigenvalue weighted by Crippen LogP contribution is 2.24. The molecule has 1 heterocycles. The Bertz CT molecular complexity index is 824. The molecule has 1 aliphatic carbocycles. The van der Waals surface area contributed by atoms with Crippen LogP contribution in [0.1, 0.15) is 45.4 Å². The Kier molecular flexibility index (Phi) is 7.69. The summed E-state index contributed by atoms with van der Waals surface area (Å²) in [6, 6.07) is 9.61. The lowest BCUT2D eigenvalue weighted by Gasteiger charge is -2.29. The summed E-state index contributed by atoms with van der Waals surface area (Å²) in [5.41, 5.74) is 0.753. The van der Waals surface area contributed by atoms with Crippen LogP contribution < -0.4 is 10.6 Å². The second-order valence-electron chi connectivity index (χ2n) is 7.46. The van der Waals surface area contributed by atoms with E-state index in [2.05, 4.69) is 27.8 Å². The molecule has 1 aromatic heterocycles. The molecule has 156 valence electrons. The van der Waals surface area contributed by atoms with Crippen LogP contribution in [-0.4, -0.2) is 38.4 Å². The summed E-state index contributed by atoms with van der Waals surface area (Å²) in [6.45, 7) is 4.83. The van der Waals surface area contributed by atoms with Gasteiger partial charge in [-0.3, -0.25) is 9.59 Å². The second-order valence-corrected chi connectivity index (χ2v) is 8.40. The first-order valence-corrected chi connectivity index (χ1v) is 11.2. The molecule has 1 aliphatic rings. The van der Waals surface area contributed by atoms with Crippen LogP contribution in [0.2, 0.25) is 0 Å². The van der Waals surface area contributed by atoms with Crippen LogP contribution in [0.25, 0.3) is 0 Å². The van der Waals surface area contributed by atoms with E-state index < -0.39 is 0 Å². The molecule has 0 radical (unpaired) electrons. The molecule has 0 unspecified atom stereocenters. The van der Waals surface area contributed by atoms with Crippen molar-refractivity contribution in [1.29, 1.82) is 0 Å². The van der Waals surface area contributed by atoms with Gasteiger partial charge in [-0.25, -0.2) is 0 Å². The quantitative estimate of drug-likeness (QED) is 0.646. The monoisotopic (exact) mass is 415 g/mol. The zero-order valence-corrected chi connectivity index (χ0v) is 17.9. The summed E-state index contributed by atoms with van der Waals surface area (Å²) < 4.78 is 1.89. The number of para-hydroxylation sites is 1. The first-order chi connectivity index (χ1) is 14.1. The summed E-state index contributed by atoms with van der Waals surface area (Å²) in [7, 11) is 0. The van der Waals surface area contributed by atoms with Crippen molar-refractivity contribution in [3.8, 4) is 0 Å². The SMILES string of the molecule is CCn1c(CC(=O)Nc2ccccc2)nnc1SCC(=O)N[C@H]1CCCC[C@H]1C. The summed E-state index contributed by atoms with van der Waals surface area (Å²) in [5.74, 6) is 1.33. The largest absolute Gasteiger partial charge is 0.352 e. The number of anilines is 1. The molecule has 1 saturated carbocycles. The van der Waals surface area contributed by atoms with Crippen LogP contribution >= 0.6 is 11.8 Å². The number of nitrogens with zero attached hydrogens (tertiary/aromatic N) is 3. The van der Waals surface area contributed by atoms with E-state index >= 15 is 0 Å². The van der Waals surface area contributed by atoms with E-state index in [0.717, 1.165) is 12.1 Å². The number of carbonyl (C=O) groups excluding carboxylic acids is 2. The first kappa shape index (κ1) is 21.4. The van der Waals surface area contributed by atoms with Crippen LogP contribution in [0.5, 0.6) is 0 Å². The van der Waals surface area contributed by atoms with Gasteiger partial charge in [0.25, 0.3) is 0 Å². The van der Waals surface area contributed by atoms with Gasteiger partial charge in [0.15, 0.2) is 5.16 Å². The topological polar surface area (TPSA) is 88.9 Å². The Morgan fingerprint density at radius 1 is 1.14 bits per heavy atom. The zero-order valence-electron chi connectivity index (χ0n) is 17.1. The molecule has 0 saturated heterocycles. The molecule has 0 bridgehead atoms. The van der Waals surface area contributed by atoms with E-state index in [1.54, 1.807) is 0 Å². The van der Waals surface area contributed by atoms with Crippen molar-refractivity contribution in [1.82, 2.24) is 20.1 Å². The molecule has 0 aliphatic heterocycles. The van der Waals surface area contributed by atoms with Crippen molar-refractivity contribution < 1.29 is 9.59 Å². The summed E-state index contributed by atoms with van der Waals surface area (Å²) in [6.07, 6.45) is 4.81. The Morgan fingerprint density at radius 2 is 1.90 bits per heavy atom. The molecule has 1 aromatic carbocycles. The van der Waals surface area contributed by atoms with E-state index in [-0.39, 0.29) is 24.3 Å². The molecule has 1 fully saturated rings. The number of rotatable bonds is 8. The highest BCUT2D eigenvalue weighted by atomic mass is 32.2. The van der Waals surface area contributed by atoms with Crippen molar-refractivity contribution in [3.63, 3.8) is 0 Å². The fourth-order valence-electron chi connectivity index (χ4n) is 3.65. The fraction of sp³-hybridized carbons (Fsp3) is 0.524. The van der Waals surface area contributed by atoms with Gasteiger partial charge in [0.2, 0.25) is 11.8 Å². The maximum absolute atomic E-state index is 12.4. The van der Waals surface area contributed by atoms with Gasteiger partial charge in [-0.2, -0.15) is 0 Å². The number of benzene rings is 1. The van der Waals surface area contributed by atoms with Crippen LogP contribution in [0.3, 0.4) is 0 Å². The van der Waals surface area contributed by atoms with Crippen molar-refractivity contribution >= 4 is 29.3 Å². The third-order valence-electron chi connectivity index (χ3n) is 5.28. The predicted molar refractivity (Wildman–Crippen MR) is 115 cm³/mol. The Hall–Kier alpha value is -2.35. The Morgan fingerprint density at radius 3 is 2.62 bits per heavy atom. The van der Waals surface area contributed by atoms with Gasteiger partial charge in [-0.1, -0.05) is 49.7 Å². The highest BCUT2D eigenvalue weighted by Gasteiger charge is 2.23. The number of hydrogen-bond acceptors (Lipinski definition) is 5. The average molecular weight is 416 g/mol. The molecular weight excluding hydrogens is 386 g/mol. The third kappa shape index (κ3) is 6.06. The summed E-state index contributed by atoms with van der Waals surface area (Å²) in [4.78, 5) is 24.7. The van der Waals surface area contributed by atoms with Crippen LogP contribution in [0.4, 0.5) is 5.69 Å². The normalized spacial score (nSPS) is 19.0. The second kappa shape index (κ2) is 10.4. The Balaban J connectivity index is 1.53. The molecule has 2 N–H and O–H groups in total. The van der Waals surface area contributed by atoms with Crippen molar-refractivity contribution in [2.45, 2.75) is 63.7 Å². The lowest BCUT2D eigenvalue weighted by atomic mass is 9.86. The molecule has 2 amide bonds. The van der Waals surface area contributed by atoms with Crippen LogP contribution in [0.15, 0.2) is 35.5 Å². The molecule has 2 aromatic rings. The number of amides is 2. The van der Waals surface area contributed by atoms with Crippen molar-refractivity contribution in [2.24, 2.45) is 5.92 Å². The van der Waals surface area contributed by atoms with E-state index in [0.29, 0.717) is 29.2 Å². The third-order valence-corrected chi connectivity index (χ3v) is 6.24. The number of thioether (sulfide) groups is 1. The van der Waals surface area contributed by atoms with Crippen LogP contribution in [0, 0.1) is 5.92 Å². The van der Waals surface area contributed by atoms with E-state index in [4.69, 9.17) is 0 Å². The number of hydrogen-bond donors (Lipinski definition) is 2. The minimum Gasteiger partial charge on any atom is -0.352 e. The van der Waals surface area contributed by atoms with E-state index in [1.165, 1.54) is 31.0 Å². The highest BCUT2D eigenvalue weighted by molar-refractivity contribution is 7.99. The van der Waals surface area contributed by atoms with Gasteiger partial charge in [0.1, 0.15) is 5.82 Å². The molecule has 8 heteroatoms. The van der Waals surface area contributed by atoms with Gasteiger partial charge in [-0.05, 0) is 37.8 Å². The van der Waals surface area contributed by atoms with Crippen LogP contribution in [-0.2, 0) is 22.6 Å². The van der Waals surface area contributed by atoms with E-state index in [1.807, 2.05) is 41.8 Å². The van der Waals surface area contributed by atoms with E-state index in [9.17, 15) is 9.59 Å². The zero-order chi connectivity index (χ0) is 20.6. The maximum Gasteiger partial charge on any atom is 0.232 e. The average Bonchev–Trinajstić information content (AvgIpc) is 3.10. The molecule has 0 spiro atoms. The maximum atomic E-state index is 12.4. The lowest BCUT2D eigenvalue weighted by molar-refractivity contribution is -0.120. The van der Waals surface area contributed by atoms with Crippen molar-refractivity contribution in [2.75, 3.05) is 11.1 Å². The van der Waals surface area contributed by atoms with Gasteiger partial charge < -0.3 is 15.2 Å². The molecule has 29 heavy (non-hydrogen) atoms. The number of carbonyl (C=O) groups is 2. The Labute approximate surface area is 176 Å². The lowest BCUT2D eigenvalue weighted by Crippen LogP contribution is -2.41. The number of nitrogens with one attached hydrogen (secondary N) is 2. The smallest absolute Gasteiger partial charge is 0.232 e. The molecule has 2 atom stereocenters. The number of aromatic nitrogens is 3. The van der Waals surface area contributed by atoms with Gasteiger partial charge in [-0.15, -0.1) is 10.2 Å².